The van der Waals surface area contributed by atoms with Gasteiger partial charge in [0.25, 0.3) is 0 Å². The largest absolute Gasteiger partial charge is 0.386 e. The first-order valence-electron chi connectivity index (χ1n) is 6.62. The second kappa shape index (κ2) is 3.26. The van der Waals surface area contributed by atoms with E-state index in [1.54, 1.807) is 11.8 Å². The van der Waals surface area contributed by atoms with Crippen LogP contribution in [0.25, 0.3) is 0 Å². The Hall–Kier alpha value is -0.650. The molecule has 3 N–H and O–H groups in total. The minimum Gasteiger partial charge on any atom is -0.386 e. The van der Waals surface area contributed by atoms with Gasteiger partial charge in [-0.25, -0.2) is 0 Å². The van der Waals surface area contributed by atoms with Gasteiger partial charge in [-0.2, -0.15) is 0 Å². The Kier molecular flexibility index (Phi) is 2.25. The minimum absolute atomic E-state index is 0.0224. The van der Waals surface area contributed by atoms with Crippen molar-refractivity contribution in [3.63, 3.8) is 0 Å². The van der Waals surface area contributed by atoms with Gasteiger partial charge in [-0.15, -0.1) is 0 Å². The van der Waals surface area contributed by atoms with Crippen molar-refractivity contribution in [1.82, 2.24) is 4.90 Å². The van der Waals surface area contributed by atoms with Crippen LogP contribution in [0.5, 0.6) is 0 Å². The molecule has 0 bridgehead atoms. The summed E-state index contributed by atoms with van der Waals surface area (Å²) in [6, 6.07) is 0. The molecule has 0 radical (unpaired) electrons. The highest BCUT2D eigenvalue weighted by Gasteiger charge is 2.72. The molecule has 1 saturated carbocycles. The monoisotopic (exact) mass is 254 g/mol. The van der Waals surface area contributed by atoms with E-state index in [4.69, 9.17) is 10.5 Å². The van der Waals surface area contributed by atoms with E-state index in [2.05, 4.69) is 0 Å². The molecule has 0 spiro atoms. The van der Waals surface area contributed by atoms with Crippen molar-refractivity contribution in [1.29, 1.82) is 0 Å². The fourth-order valence-electron chi connectivity index (χ4n) is 4.00. The van der Waals surface area contributed by atoms with Gasteiger partial charge in [-0.3, -0.25) is 4.79 Å². The molecule has 3 unspecified atom stereocenters. The van der Waals surface area contributed by atoms with Gasteiger partial charge in [-0.1, -0.05) is 13.8 Å². The molecule has 2 saturated heterocycles. The van der Waals surface area contributed by atoms with Crippen LogP contribution in [0.2, 0.25) is 0 Å². The van der Waals surface area contributed by atoms with Crippen LogP contribution in [0.4, 0.5) is 0 Å². The second-order valence-corrected chi connectivity index (χ2v) is 6.94. The van der Waals surface area contributed by atoms with Crippen molar-refractivity contribution in [2.45, 2.75) is 44.4 Å². The lowest BCUT2D eigenvalue weighted by atomic mass is 9.47. The number of carbonyl (C=O) groups is 1. The molecule has 18 heavy (non-hydrogen) atoms. The van der Waals surface area contributed by atoms with Gasteiger partial charge in [0.1, 0.15) is 5.54 Å². The van der Waals surface area contributed by atoms with Crippen LogP contribution in [-0.4, -0.2) is 52.9 Å². The van der Waals surface area contributed by atoms with Gasteiger partial charge in [0.2, 0.25) is 5.91 Å². The summed E-state index contributed by atoms with van der Waals surface area (Å²) in [5, 5.41) is 9.75. The first-order valence-corrected chi connectivity index (χ1v) is 6.62. The van der Waals surface area contributed by atoms with Crippen molar-refractivity contribution in [2.24, 2.45) is 17.1 Å². The van der Waals surface area contributed by atoms with Crippen molar-refractivity contribution in [3.05, 3.63) is 0 Å². The lowest BCUT2D eigenvalue weighted by molar-refractivity contribution is -0.197. The maximum Gasteiger partial charge on any atom is 0.243 e. The molecule has 3 fully saturated rings. The second-order valence-electron chi connectivity index (χ2n) is 6.94. The van der Waals surface area contributed by atoms with Crippen molar-refractivity contribution < 1.29 is 14.6 Å². The van der Waals surface area contributed by atoms with E-state index in [1.165, 1.54) is 0 Å². The summed E-state index contributed by atoms with van der Waals surface area (Å²) in [6.07, 6.45) is 0.967. The number of rotatable bonds is 1. The number of carbonyl (C=O) groups excluding carboxylic acids is 1. The van der Waals surface area contributed by atoms with Crippen LogP contribution >= 0.6 is 0 Å². The summed E-state index contributed by atoms with van der Waals surface area (Å²) in [6.45, 7) is 7.24. The van der Waals surface area contributed by atoms with E-state index in [1.807, 2.05) is 13.8 Å². The molecule has 5 heteroatoms. The summed E-state index contributed by atoms with van der Waals surface area (Å²) in [5.41, 5.74) is 4.56. The van der Waals surface area contributed by atoms with E-state index < -0.39 is 11.1 Å². The van der Waals surface area contributed by atoms with Gasteiger partial charge in [0.05, 0.1) is 24.8 Å². The van der Waals surface area contributed by atoms with Gasteiger partial charge in [0.15, 0.2) is 0 Å². The quantitative estimate of drug-likeness (QED) is 0.675. The Bertz CT molecular complexity index is 399. The number of nitrogens with zero attached hydrogens (tertiary/aromatic N) is 1. The zero-order chi connectivity index (χ0) is 13.3. The Balaban J connectivity index is 1.81. The predicted octanol–water partition coefficient (Wildman–Crippen LogP) is -0.278. The van der Waals surface area contributed by atoms with Crippen LogP contribution in [0.1, 0.15) is 27.2 Å². The van der Waals surface area contributed by atoms with E-state index in [9.17, 15) is 9.90 Å². The van der Waals surface area contributed by atoms with Crippen LogP contribution in [-0.2, 0) is 9.53 Å². The SMILES string of the molecule is CC1(O)CN(C(=O)C2(N)C3CCOC3C2(C)C)C1. The normalized spacial score (nSPS) is 43.9. The number of β-amino-alcohol motifs (C(OH)–C–C–N with tert-alkyl or cyclic N) is 1. The average Bonchev–Trinajstić information content (AvgIpc) is 2.71. The lowest BCUT2D eigenvalue weighted by Crippen LogP contribution is -2.82. The van der Waals surface area contributed by atoms with Crippen molar-refractivity contribution in [3.8, 4) is 0 Å². The molecule has 0 aromatic heterocycles. The maximum absolute atomic E-state index is 12.6. The topological polar surface area (TPSA) is 75.8 Å². The highest BCUT2D eigenvalue weighted by atomic mass is 16.5. The Morgan fingerprint density at radius 2 is 2.00 bits per heavy atom. The average molecular weight is 254 g/mol. The highest BCUT2D eigenvalue weighted by Crippen LogP contribution is 2.59. The van der Waals surface area contributed by atoms with Crippen molar-refractivity contribution >= 4 is 5.91 Å². The third-order valence-corrected chi connectivity index (χ3v) is 5.16. The summed E-state index contributed by atoms with van der Waals surface area (Å²) in [7, 11) is 0. The fraction of sp³-hybridized carbons (Fsp3) is 0.923. The number of fused-ring (bicyclic) bond motifs is 1. The molecular weight excluding hydrogens is 232 g/mol. The standard InChI is InChI=1S/C13H22N2O3/c1-11(2)9-8(4-5-18-9)13(11,14)10(16)15-6-12(3,17)7-15/h8-9,17H,4-7,14H2,1-3H3. The molecule has 0 aromatic rings. The van der Waals surface area contributed by atoms with Crippen LogP contribution in [0.3, 0.4) is 0 Å². The van der Waals surface area contributed by atoms with E-state index >= 15 is 0 Å². The third kappa shape index (κ3) is 1.25. The molecule has 102 valence electrons. The van der Waals surface area contributed by atoms with E-state index in [0.717, 1.165) is 6.42 Å². The van der Waals surface area contributed by atoms with Crippen LogP contribution < -0.4 is 5.73 Å². The molecule has 2 aliphatic heterocycles. The number of amides is 1. The predicted molar refractivity (Wildman–Crippen MR) is 65.8 cm³/mol. The zero-order valence-electron chi connectivity index (χ0n) is 11.3. The smallest absolute Gasteiger partial charge is 0.243 e. The van der Waals surface area contributed by atoms with Gasteiger partial charge < -0.3 is 20.5 Å². The summed E-state index contributed by atoms with van der Waals surface area (Å²) < 4.78 is 5.68. The first-order chi connectivity index (χ1) is 8.20. The fourth-order valence-corrected chi connectivity index (χ4v) is 4.00. The number of ether oxygens (including phenoxy) is 1. The number of aliphatic hydroxyl groups is 1. The van der Waals surface area contributed by atoms with Gasteiger partial charge >= 0.3 is 0 Å². The number of nitrogens with two attached hydrogens (primary N) is 1. The molecule has 1 aliphatic carbocycles. The Morgan fingerprint density at radius 1 is 1.39 bits per heavy atom. The summed E-state index contributed by atoms with van der Waals surface area (Å²) in [5.74, 6) is 0.108. The molecule has 1 amide bonds. The highest BCUT2D eigenvalue weighted by molar-refractivity contribution is 5.90. The van der Waals surface area contributed by atoms with Crippen LogP contribution in [0.15, 0.2) is 0 Å². The van der Waals surface area contributed by atoms with Crippen molar-refractivity contribution in [2.75, 3.05) is 19.7 Å². The number of hydrogen-bond acceptors (Lipinski definition) is 4. The minimum atomic E-state index is -0.829. The third-order valence-electron chi connectivity index (χ3n) is 5.16. The zero-order valence-corrected chi connectivity index (χ0v) is 11.3. The summed E-state index contributed by atoms with van der Waals surface area (Å²) in [4.78, 5) is 14.3. The molecule has 0 aromatic carbocycles. The first kappa shape index (κ1) is 12.4. The molecule has 3 atom stereocenters. The van der Waals surface area contributed by atoms with Gasteiger partial charge in [0, 0.05) is 17.9 Å². The molecule has 5 nitrogen and oxygen atoms in total. The van der Waals surface area contributed by atoms with Gasteiger partial charge in [-0.05, 0) is 13.3 Å². The summed E-state index contributed by atoms with van der Waals surface area (Å²) >= 11 is 0. The molecule has 3 aliphatic rings. The van der Waals surface area contributed by atoms with Crippen LogP contribution in [0, 0.1) is 11.3 Å². The van der Waals surface area contributed by atoms with E-state index in [0.29, 0.717) is 19.7 Å². The van der Waals surface area contributed by atoms with E-state index in [-0.39, 0.29) is 23.3 Å². The number of likely N-dealkylation sites (tertiary alicyclic amines) is 1. The Morgan fingerprint density at radius 3 is 2.56 bits per heavy atom. The molecular formula is C13H22N2O3. The maximum atomic E-state index is 12.6. The number of hydrogen-bond donors (Lipinski definition) is 2. The Labute approximate surface area is 107 Å². The molecule has 3 rings (SSSR count). The molecule has 2 heterocycles. The lowest BCUT2D eigenvalue weighted by Gasteiger charge is -2.63.